The van der Waals surface area contributed by atoms with Gasteiger partial charge in [0.15, 0.2) is 0 Å². The fourth-order valence-corrected chi connectivity index (χ4v) is 3.03. The number of aromatic nitrogens is 2. The van der Waals surface area contributed by atoms with E-state index in [-0.39, 0.29) is 18.0 Å². The van der Waals surface area contributed by atoms with Gasteiger partial charge in [-0.2, -0.15) is 5.10 Å². The molecule has 28 heavy (non-hydrogen) atoms. The van der Waals surface area contributed by atoms with Gasteiger partial charge in [-0.05, 0) is 56.0 Å². The van der Waals surface area contributed by atoms with E-state index in [2.05, 4.69) is 21.0 Å². The average molecular weight is 385 g/mol. The van der Waals surface area contributed by atoms with Gasteiger partial charge in [-0.25, -0.2) is 4.79 Å². The predicted molar refractivity (Wildman–Crippen MR) is 106 cm³/mol. The van der Waals surface area contributed by atoms with Gasteiger partial charge in [-0.15, -0.1) is 0 Å². The van der Waals surface area contributed by atoms with Gasteiger partial charge in [0.2, 0.25) is 0 Å². The third-order valence-corrected chi connectivity index (χ3v) is 4.53. The first-order valence-electron chi connectivity index (χ1n) is 9.64. The van der Waals surface area contributed by atoms with Crippen molar-refractivity contribution in [3.05, 3.63) is 47.8 Å². The molecule has 150 valence electrons. The van der Waals surface area contributed by atoms with Crippen molar-refractivity contribution in [2.75, 3.05) is 25.0 Å². The molecule has 2 heterocycles. The number of carbonyl (C=O) groups is 2. The first-order chi connectivity index (χ1) is 13.6. The Hall–Kier alpha value is -2.87. The first-order valence-corrected chi connectivity index (χ1v) is 9.64. The van der Waals surface area contributed by atoms with Crippen LogP contribution in [0.15, 0.2) is 36.7 Å². The maximum absolute atomic E-state index is 12.2. The van der Waals surface area contributed by atoms with E-state index in [1.54, 1.807) is 24.3 Å². The number of hydrogen-bond donors (Lipinski definition) is 3. The van der Waals surface area contributed by atoms with Gasteiger partial charge in [0, 0.05) is 43.7 Å². The number of urea groups is 1. The van der Waals surface area contributed by atoms with Crippen molar-refractivity contribution in [2.24, 2.45) is 0 Å². The number of nitrogens with zero attached hydrogens (tertiary/aromatic N) is 2. The molecule has 1 aromatic heterocycles. The molecule has 0 saturated carbocycles. The molecule has 8 nitrogen and oxygen atoms in total. The van der Waals surface area contributed by atoms with E-state index in [9.17, 15) is 9.59 Å². The number of carbonyl (C=O) groups excluding carboxylic acids is 2. The molecule has 1 atom stereocenters. The maximum atomic E-state index is 12.2. The highest BCUT2D eigenvalue weighted by atomic mass is 16.5. The van der Waals surface area contributed by atoms with Crippen LogP contribution in [0.3, 0.4) is 0 Å². The minimum Gasteiger partial charge on any atom is -0.376 e. The smallest absolute Gasteiger partial charge is 0.319 e. The molecular formula is C20H27N5O3. The van der Waals surface area contributed by atoms with Gasteiger partial charge >= 0.3 is 6.03 Å². The maximum Gasteiger partial charge on any atom is 0.319 e. The lowest BCUT2D eigenvalue weighted by Crippen LogP contribution is -2.32. The highest BCUT2D eigenvalue weighted by molar-refractivity contribution is 5.95. The van der Waals surface area contributed by atoms with Crippen LogP contribution >= 0.6 is 0 Å². The molecule has 1 fully saturated rings. The van der Waals surface area contributed by atoms with E-state index >= 15 is 0 Å². The molecule has 0 aliphatic carbocycles. The van der Waals surface area contributed by atoms with Gasteiger partial charge in [0.1, 0.15) is 0 Å². The molecule has 1 aliphatic rings. The minimum atomic E-state index is -0.271. The van der Waals surface area contributed by atoms with Gasteiger partial charge in [0.25, 0.3) is 5.91 Å². The third-order valence-electron chi connectivity index (χ3n) is 4.53. The second kappa shape index (κ2) is 9.89. The van der Waals surface area contributed by atoms with Crippen molar-refractivity contribution < 1.29 is 14.3 Å². The Morgan fingerprint density at radius 2 is 2.07 bits per heavy atom. The predicted octanol–water partition coefficient (Wildman–Crippen LogP) is 2.31. The van der Waals surface area contributed by atoms with Crippen LogP contribution in [0.1, 0.15) is 35.2 Å². The summed E-state index contributed by atoms with van der Waals surface area (Å²) >= 11 is 0. The zero-order valence-corrected chi connectivity index (χ0v) is 16.1. The van der Waals surface area contributed by atoms with E-state index in [4.69, 9.17) is 4.74 Å². The molecule has 3 N–H and O–H groups in total. The zero-order valence-electron chi connectivity index (χ0n) is 16.1. The Bertz CT molecular complexity index is 781. The number of benzene rings is 1. The molecule has 1 saturated heterocycles. The Morgan fingerprint density at radius 3 is 2.75 bits per heavy atom. The fourth-order valence-electron chi connectivity index (χ4n) is 3.03. The van der Waals surface area contributed by atoms with E-state index in [0.29, 0.717) is 24.3 Å². The molecule has 1 aliphatic heterocycles. The molecular weight excluding hydrogens is 358 g/mol. The molecule has 0 radical (unpaired) electrons. The van der Waals surface area contributed by atoms with Crippen molar-refractivity contribution in [3.8, 4) is 0 Å². The second-order valence-electron chi connectivity index (χ2n) is 6.94. The molecule has 3 rings (SSSR count). The quantitative estimate of drug-likeness (QED) is 0.608. The Morgan fingerprint density at radius 1 is 1.25 bits per heavy atom. The molecule has 8 heteroatoms. The summed E-state index contributed by atoms with van der Waals surface area (Å²) in [5, 5.41) is 12.7. The largest absolute Gasteiger partial charge is 0.376 e. The summed E-state index contributed by atoms with van der Waals surface area (Å²) in [7, 11) is 0. The van der Waals surface area contributed by atoms with E-state index in [0.717, 1.165) is 38.0 Å². The van der Waals surface area contributed by atoms with Crippen molar-refractivity contribution >= 4 is 17.6 Å². The van der Waals surface area contributed by atoms with Crippen molar-refractivity contribution in [1.82, 2.24) is 20.4 Å². The molecule has 1 unspecified atom stereocenters. The number of aryl methyl sites for hydroxylation is 2. The number of nitrogens with one attached hydrogen (secondary N) is 3. The Kier molecular flexibility index (Phi) is 7.02. The molecule has 0 bridgehead atoms. The van der Waals surface area contributed by atoms with Crippen molar-refractivity contribution in [2.45, 2.75) is 38.8 Å². The standard InChI is InChI=1S/C20H27N5O3/c1-15-12-23-25(14-15)10-3-9-21-20(27)24-17-7-5-16(6-8-17)19(26)22-13-18-4-2-11-28-18/h5-8,12,14,18H,2-4,9-11,13H2,1H3,(H,22,26)(H2,21,24,27). The number of hydrogen-bond acceptors (Lipinski definition) is 4. The lowest BCUT2D eigenvalue weighted by molar-refractivity contribution is 0.0858. The van der Waals surface area contributed by atoms with E-state index in [1.165, 1.54) is 0 Å². The van der Waals surface area contributed by atoms with Crippen molar-refractivity contribution in [1.29, 1.82) is 0 Å². The number of rotatable bonds is 8. The van der Waals surface area contributed by atoms with Crippen LogP contribution in [0.2, 0.25) is 0 Å². The zero-order chi connectivity index (χ0) is 19.8. The summed E-state index contributed by atoms with van der Waals surface area (Å²) in [6.07, 6.45) is 6.72. The second-order valence-corrected chi connectivity index (χ2v) is 6.94. The van der Waals surface area contributed by atoms with Crippen LogP contribution in [0.25, 0.3) is 0 Å². The number of anilines is 1. The molecule has 3 amide bonds. The van der Waals surface area contributed by atoms with E-state index in [1.807, 2.05) is 24.0 Å². The van der Waals surface area contributed by atoms with Crippen LogP contribution in [-0.2, 0) is 11.3 Å². The van der Waals surface area contributed by atoms with Gasteiger partial charge in [-0.3, -0.25) is 9.48 Å². The van der Waals surface area contributed by atoms with Crippen molar-refractivity contribution in [3.63, 3.8) is 0 Å². The average Bonchev–Trinajstić information content (AvgIpc) is 3.35. The topological polar surface area (TPSA) is 97.3 Å². The van der Waals surface area contributed by atoms with Crippen LogP contribution in [0.5, 0.6) is 0 Å². The number of amides is 3. The summed E-state index contributed by atoms with van der Waals surface area (Å²) in [5.41, 5.74) is 2.31. The van der Waals surface area contributed by atoms with Crippen LogP contribution in [0, 0.1) is 6.92 Å². The minimum absolute atomic E-state index is 0.117. The fraction of sp³-hybridized carbons (Fsp3) is 0.450. The Labute approximate surface area is 164 Å². The molecule has 1 aromatic carbocycles. The summed E-state index contributed by atoms with van der Waals surface area (Å²) < 4.78 is 7.35. The lowest BCUT2D eigenvalue weighted by Gasteiger charge is -2.11. The van der Waals surface area contributed by atoms with Crippen LogP contribution in [0.4, 0.5) is 10.5 Å². The first kappa shape index (κ1) is 19.9. The van der Waals surface area contributed by atoms with Crippen LogP contribution < -0.4 is 16.0 Å². The molecule has 0 spiro atoms. The highest BCUT2D eigenvalue weighted by Crippen LogP contribution is 2.12. The monoisotopic (exact) mass is 385 g/mol. The summed E-state index contributed by atoms with van der Waals surface area (Å²) in [5.74, 6) is -0.139. The highest BCUT2D eigenvalue weighted by Gasteiger charge is 2.16. The third kappa shape index (κ3) is 6.09. The summed E-state index contributed by atoms with van der Waals surface area (Å²) in [6.45, 7) is 4.59. The molecule has 2 aromatic rings. The van der Waals surface area contributed by atoms with Gasteiger partial charge in [0.05, 0.1) is 12.3 Å². The SMILES string of the molecule is Cc1cnn(CCCNC(=O)Nc2ccc(C(=O)NCC3CCCO3)cc2)c1. The normalized spacial score (nSPS) is 16.0. The Balaban J connectivity index is 1.35. The number of ether oxygens (including phenoxy) is 1. The van der Waals surface area contributed by atoms with Gasteiger partial charge < -0.3 is 20.7 Å². The summed E-state index contributed by atoms with van der Waals surface area (Å²) in [4.78, 5) is 24.1. The van der Waals surface area contributed by atoms with Crippen LogP contribution in [-0.4, -0.2) is 47.5 Å². The summed E-state index contributed by atoms with van der Waals surface area (Å²) in [6, 6.07) is 6.55. The van der Waals surface area contributed by atoms with Gasteiger partial charge in [-0.1, -0.05) is 0 Å². The van der Waals surface area contributed by atoms with E-state index < -0.39 is 0 Å². The lowest BCUT2D eigenvalue weighted by atomic mass is 10.2.